The average Bonchev–Trinajstić information content (AvgIpc) is 3.38. The van der Waals surface area contributed by atoms with Crippen LogP contribution >= 0.6 is 0 Å². The summed E-state index contributed by atoms with van der Waals surface area (Å²) in [6, 6.07) is 23.4. The molecule has 3 aromatic carbocycles. The normalized spacial score (nSPS) is 10.9. The first-order valence-corrected chi connectivity index (χ1v) is 10.5. The van der Waals surface area contributed by atoms with E-state index in [4.69, 9.17) is 9.57 Å². The van der Waals surface area contributed by atoms with Crippen molar-refractivity contribution in [2.45, 2.75) is 20.0 Å². The van der Waals surface area contributed by atoms with Crippen LogP contribution in [0.5, 0.6) is 11.5 Å². The SMILES string of the molecule is CC/C(=N\OCc1cccc(Oc2ccccc2C(=O)[O-])c1)c1ccc(-n2cccn2)cc1.[Na+]. The van der Waals surface area contributed by atoms with E-state index in [1.807, 2.05) is 55.6 Å². The van der Waals surface area contributed by atoms with Crippen LogP contribution in [0.2, 0.25) is 0 Å². The van der Waals surface area contributed by atoms with Crippen LogP contribution in [0.15, 0.2) is 96.4 Å². The number of aromatic carboxylic acids is 1. The van der Waals surface area contributed by atoms with E-state index >= 15 is 0 Å². The van der Waals surface area contributed by atoms with E-state index in [1.54, 1.807) is 41.2 Å². The van der Waals surface area contributed by atoms with Crippen molar-refractivity contribution in [1.29, 1.82) is 0 Å². The number of para-hydroxylation sites is 1. The van der Waals surface area contributed by atoms with Gasteiger partial charge >= 0.3 is 29.6 Å². The summed E-state index contributed by atoms with van der Waals surface area (Å²) >= 11 is 0. The minimum Gasteiger partial charge on any atom is -0.545 e. The van der Waals surface area contributed by atoms with E-state index in [0.29, 0.717) is 12.2 Å². The van der Waals surface area contributed by atoms with Crippen molar-refractivity contribution in [3.8, 4) is 17.2 Å². The molecule has 0 spiro atoms. The topological polar surface area (TPSA) is 88.8 Å². The number of benzene rings is 3. The predicted octanol–water partition coefficient (Wildman–Crippen LogP) is 1.36. The van der Waals surface area contributed by atoms with Gasteiger partial charge in [0.15, 0.2) is 0 Å². The number of oxime groups is 1. The summed E-state index contributed by atoms with van der Waals surface area (Å²) in [5.74, 6) is -0.566. The molecule has 0 saturated carbocycles. The number of carboxylic acids is 1. The summed E-state index contributed by atoms with van der Waals surface area (Å²) < 4.78 is 7.55. The first kappa shape index (κ1) is 25.2. The van der Waals surface area contributed by atoms with Crippen LogP contribution in [-0.4, -0.2) is 21.5 Å². The van der Waals surface area contributed by atoms with E-state index in [9.17, 15) is 9.90 Å². The van der Waals surface area contributed by atoms with Gasteiger partial charge in [-0.05, 0) is 60.0 Å². The third-order valence-electron chi connectivity index (χ3n) is 4.94. The zero-order valence-electron chi connectivity index (χ0n) is 19.0. The van der Waals surface area contributed by atoms with Crippen molar-refractivity contribution in [2.24, 2.45) is 5.16 Å². The number of hydrogen-bond acceptors (Lipinski definition) is 6. The number of aromatic nitrogens is 2. The zero-order chi connectivity index (χ0) is 23.0. The minimum absolute atomic E-state index is 0. The average molecular weight is 463 g/mol. The van der Waals surface area contributed by atoms with E-state index in [2.05, 4.69) is 10.3 Å². The van der Waals surface area contributed by atoms with E-state index in [1.165, 1.54) is 6.07 Å². The van der Waals surface area contributed by atoms with Gasteiger partial charge in [-0.3, -0.25) is 0 Å². The Kier molecular flexibility index (Phi) is 9.04. The Bertz CT molecular complexity index is 1260. The van der Waals surface area contributed by atoms with Crippen LogP contribution in [0.4, 0.5) is 0 Å². The molecule has 7 nitrogen and oxygen atoms in total. The van der Waals surface area contributed by atoms with Gasteiger partial charge in [0.25, 0.3) is 0 Å². The van der Waals surface area contributed by atoms with Gasteiger partial charge in [-0.15, -0.1) is 0 Å². The molecule has 0 aliphatic heterocycles. The fraction of sp³-hybridized carbons (Fsp3) is 0.115. The molecule has 34 heavy (non-hydrogen) atoms. The van der Waals surface area contributed by atoms with Crippen LogP contribution in [0, 0.1) is 0 Å². The quantitative estimate of drug-likeness (QED) is 0.213. The van der Waals surface area contributed by atoms with Gasteiger partial charge in [0.05, 0.1) is 17.4 Å². The van der Waals surface area contributed by atoms with Crippen molar-refractivity contribution >= 4 is 11.7 Å². The Hall–Kier alpha value is -3.39. The first-order valence-electron chi connectivity index (χ1n) is 10.5. The maximum absolute atomic E-state index is 11.3. The minimum atomic E-state index is -1.29. The molecule has 0 fully saturated rings. The second-order valence-corrected chi connectivity index (χ2v) is 7.20. The van der Waals surface area contributed by atoms with Crippen molar-refractivity contribution in [2.75, 3.05) is 0 Å². The van der Waals surface area contributed by atoms with Crippen molar-refractivity contribution in [1.82, 2.24) is 9.78 Å². The maximum atomic E-state index is 11.3. The molecule has 0 aliphatic carbocycles. The third kappa shape index (κ3) is 6.35. The standard InChI is InChI=1S/C26H23N3O4.Na/c1-2-24(20-11-13-21(14-12-20)29-16-6-15-27-29)28-32-18-19-7-5-8-22(17-19)33-25-10-4-3-9-23(25)26(30)31;/h3-17H,2,18H2,1H3,(H,30,31);/q;+1/p-1/b28-24+;. The van der Waals surface area contributed by atoms with Gasteiger partial charge in [0.1, 0.15) is 18.1 Å². The summed E-state index contributed by atoms with van der Waals surface area (Å²) in [5.41, 5.74) is 3.61. The number of rotatable bonds is 9. The maximum Gasteiger partial charge on any atom is 1.00 e. The van der Waals surface area contributed by atoms with E-state index < -0.39 is 5.97 Å². The molecular formula is C26H22N3NaO4. The smallest absolute Gasteiger partial charge is 0.545 e. The summed E-state index contributed by atoms with van der Waals surface area (Å²) in [4.78, 5) is 16.9. The van der Waals surface area contributed by atoms with Gasteiger partial charge in [-0.1, -0.05) is 48.5 Å². The fourth-order valence-electron chi connectivity index (χ4n) is 3.28. The largest absolute Gasteiger partial charge is 1.00 e. The monoisotopic (exact) mass is 463 g/mol. The molecule has 0 unspecified atom stereocenters. The second-order valence-electron chi connectivity index (χ2n) is 7.20. The molecule has 0 bridgehead atoms. The summed E-state index contributed by atoms with van der Waals surface area (Å²) in [7, 11) is 0. The molecule has 4 rings (SSSR count). The van der Waals surface area contributed by atoms with Gasteiger partial charge in [0.2, 0.25) is 0 Å². The van der Waals surface area contributed by atoms with Crippen LogP contribution in [0.25, 0.3) is 5.69 Å². The molecule has 1 aromatic heterocycles. The first-order chi connectivity index (χ1) is 16.1. The van der Waals surface area contributed by atoms with Crippen LogP contribution in [0.3, 0.4) is 0 Å². The van der Waals surface area contributed by atoms with Gasteiger partial charge in [-0.25, -0.2) is 4.68 Å². The Morgan fingerprint density at radius 2 is 1.82 bits per heavy atom. The van der Waals surface area contributed by atoms with Gasteiger partial charge in [-0.2, -0.15) is 5.10 Å². The number of nitrogens with zero attached hydrogens (tertiary/aromatic N) is 3. The van der Waals surface area contributed by atoms with Crippen LogP contribution in [0.1, 0.15) is 34.8 Å². The predicted molar refractivity (Wildman–Crippen MR) is 122 cm³/mol. The van der Waals surface area contributed by atoms with E-state index in [-0.39, 0.29) is 47.5 Å². The summed E-state index contributed by atoms with van der Waals surface area (Å²) in [6.07, 6.45) is 4.34. The molecule has 0 atom stereocenters. The Morgan fingerprint density at radius 3 is 2.53 bits per heavy atom. The Labute approximate surface area is 219 Å². The van der Waals surface area contributed by atoms with Crippen LogP contribution < -0.4 is 39.4 Å². The van der Waals surface area contributed by atoms with Gasteiger partial charge < -0.3 is 19.5 Å². The molecule has 0 amide bonds. The molecule has 4 aromatic rings. The number of carboxylic acid groups (broad SMARTS) is 1. The molecule has 0 saturated heterocycles. The number of carbonyl (C=O) groups is 1. The van der Waals surface area contributed by atoms with Crippen molar-refractivity contribution in [3.63, 3.8) is 0 Å². The number of carbonyl (C=O) groups excluding carboxylic acids is 1. The van der Waals surface area contributed by atoms with E-state index in [0.717, 1.165) is 22.5 Å². The summed E-state index contributed by atoms with van der Waals surface area (Å²) in [5, 5.41) is 19.8. The molecule has 1 heterocycles. The number of ether oxygens (including phenoxy) is 1. The fourth-order valence-corrected chi connectivity index (χ4v) is 3.28. The molecular weight excluding hydrogens is 441 g/mol. The Balaban J connectivity index is 0.00000324. The molecule has 0 aliphatic rings. The van der Waals surface area contributed by atoms with Gasteiger partial charge in [0, 0.05) is 18.0 Å². The second kappa shape index (κ2) is 12.2. The van der Waals surface area contributed by atoms with Crippen molar-refractivity contribution in [3.05, 3.63) is 108 Å². The molecule has 0 radical (unpaired) electrons. The number of hydrogen-bond donors (Lipinski definition) is 0. The van der Waals surface area contributed by atoms with Crippen molar-refractivity contribution < 1.29 is 49.0 Å². The summed E-state index contributed by atoms with van der Waals surface area (Å²) in [6.45, 7) is 2.26. The van der Waals surface area contributed by atoms with Crippen LogP contribution in [-0.2, 0) is 11.4 Å². The third-order valence-corrected chi connectivity index (χ3v) is 4.94. The zero-order valence-corrected chi connectivity index (χ0v) is 21.0. The molecule has 166 valence electrons. The molecule has 0 N–H and O–H groups in total. The Morgan fingerprint density at radius 1 is 1.03 bits per heavy atom. The molecule has 8 heteroatoms.